The van der Waals surface area contributed by atoms with Crippen LogP contribution in [0.25, 0.3) is 0 Å². The summed E-state index contributed by atoms with van der Waals surface area (Å²) in [7, 11) is -3.78. The van der Waals surface area contributed by atoms with E-state index in [1.165, 1.54) is 18.9 Å². The van der Waals surface area contributed by atoms with E-state index in [2.05, 4.69) is 9.62 Å². The number of carbonyl (C=O) groups excluding carboxylic acids is 1. The lowest BCUT2D eigenvalue weighted by Gasteiger charge is -2.24. The molecule has 0 spiro atoms. The smallest absolute Gasteiger partial charge is 0.261 e. The van der Waals surface area contributed by atoms with Crippen LogP contribution in [0.1, 0.15) is 40.7 Å². The van der Waals surface area contributed by atoms with Crippen LogP contribution in [0, 0.1) is 13.8 Å². The van der Waals surface area contributed by atoms with Crippen LogP contribution in [-0.4, -0.2) is 56.3 Å². The molecule has 2 aromatic rings. The second-order valence-electron chi connectivity index (χ2n) is 8.39. The first-order valence-electron chi connectivity index (χ1n) is 10.6. The van der Waals surface area contributed by atoms with E-state index in [4.69, 9.17) is 0 Å². The van der Waals surface area contributed by atoms with E-state index in [9.17, 15) is 13.2 Å². The van der Waals surface area contributed by atoms with Gasteiger partial charge in [0.2, 0.25) is 0 Å². The first-order valence-corrected chi connectivity index (χ1v) is 12.1. The molecule has 2 aromatic carbocycles. The molecule has 7 heteroatoms. The highest BCUT2D eigenvalue weighted by molar-refractivity contribution is 7.92. The van der Waals surface area contributed by atoms with Gasteiger partial charge in [-0.05, 0) is 81.6 Å². The maximum atomic E-state index is 13.2. The Bertz CT molecular complexity index is 1050. The lowest BCUT2D eigenvalue weighted by molar-refractivity contribution is 0.0779. The molecule has 0 bridgehead atoms. The molecule has 30 heavy (non-hydrogen) atoms. The lowest BCUT2D eigenvalue weighted by atomic mass is 10.1. The number of aryl methyl sites for hydroxylation is 2. The molecule has 160 valence electrons. The Morgan fingerprint density at radius 1 is 1.03 bits per heavy atom. The van der Waals surface area contributed by atoms with E-state index in [1.807, 2.05) is 24.8 Å². The third kappa shape index (κ3) is 4.37. The van der Waals surface area contributed by atoms with Crippen molar-refractivity contribution < 1.29 is 13.2 Å². The molecule has 0 aromatic heterocycles. The number of sulfonamides is 1. The maximum absolute atomic E-state index is 13.2. The number of amides is 1. The first kappa shape index (κ1) is 20.9. The highest BCUT2D eigenvalue weighted by atomic mass is 32.2. The van der Waals surface area contributed by atoms with Gasteiger partial charge in [0.25, 0.3) is 15.9 Å². The molecule has 1 unspecified atom stereocenters. The second-order valence-corrected chi connectivity index (χ2v) is 10.1. The summed E-state index contributed by atoms with van der Waals surface area (Å²) in [5.74, 6) is -0.0817. The van der Waals surface area contributed by atoms with Gasteiger partial charge < -0.3 is 4.90 Å². The average Bonchev–Trinajstić information content (AvgIpc) is 3.39. The fourth-order valence-electron chi connectivity index (χ4n) is 4.42. The van der Waals surface area contributed by atoms with E-state index < -0.39 is 10.0 Å². The Labute approximate surface area is 178 Å². The Kier molecular flexibility index (Phi) is 5.84. The molecule has 2 heterocycles. The van der Waals surface area contributed by atoms with Crippen molar-refractivity contribution >= 4 is 21.6 Å². The molecule has 1 atom stereocenters. The molecule has 6 nitrogen and oxygen atoms in total. The van der Waals surface area contributed by atoms with Gasteiger partial charge in [-0.1, -0.05) is 18.2 Å². The summed E-state index contributed by atoms with van der Waals surface area (Å²) in [6.07, 6.45) is 3.45. The molecular weight excluding hydrogens is 398 g/mol. The van der Waals surface area contributed by atoms with Crippen LogP contribution in [0.15, 0.2) is 47.4 Å². The monoisotopic (exact) mass is 427 g/mol. The number of rotatable bonds is 5. The number of carbonyl (C=O) groups is 1. The van der Waals surface area contributed by atoms with Gasteiger partial charge in [0.05, 0.1) is 4.90 Å². The molecule has 0 aliphatic carbocycles. The van der Waals surface area contributed by atoms with E-state index in [0.29, 0.717) is 17.3 Å². The Morgan fingerprint density at radius 2 is 1.80 bits per heavy atom. The molecule has 1 amide bonds. The predicted molar refractivity (Wildman–Crippen MR) is 118 cm³/mol. The zero-order chi connectivity index (χ0) is 21.3. The summed E-state index contributed by atoms with van der Waals surface area (Å²) in [5, 5.41) is 0. The van der Waals surface area contributed by atoms with Gasteiger partial charge in [0.15, 0.2) is 0 Å². The topological polar surface area (TPSA) is 69.7 Å². The number of hydrogen-bond acceptors (Lipinski definition) is 4. The van der Waals surface area contributed by atoms with Crippen molar-refractivity contribution in [3.63, 3.8) is 0 Å². The zero-order valence-electron chi connectivity index (χ0n) is 17.6. The number of anilines is 1. The van der Waals surface area contributed by atoms with Crippen LogP contribution in [0.5, 0.6) is 0 Å². The molecule has 4 rings (SSSR count). The van der Waals surface area contributed by atoms with Crippen molar-refractivity contribution in [2.75, 3.05) is 30.9 Å². The van der Waals surface area contributed by atoms with E-state index in [1.54, 1.807) is 30.3 Å². The van der Waals surface area contributed by atoms with Crippen molar-refractivity contribution in [1.82, 2.24) is 9.80 Å². The molecule has 1 N–H and O–H groups in total. The van der Waals surface area contributed by atoms with Crippen molar-refractivity contribution in [2.24, 2.45) is 0 Å². The van der Waals surface area contributed by atoms with Crippen molar-refractivity contribution in [3.8, 4) is 0 Å². The van der Waals surface area contributed by atoms with Gasteiger partial charge in [-0.2, -0.15) is 0 Å². The Balaban J connectivity index is 1.53. The highest BCUT2D eigenvalue weighted by Crippen LogP contribution is 2.25. The fourth-order valence-corrected chi connectivity index (χ4v) is 5.50. The van der Waals surface area contributed by atoms with E-state index >= 15 is 0 Å². The van der Waals surface area contributed by atoms with Crippen LogP contribution in [0.2, 0.25) is 0 Å². The number of likely N-dealkylation sites (tertiary alicyclic amines) is 2. The van der Waals surface area contributed by atoms with E-state index in [-0.39, 0.29) is 10.8 Å². The summed E-state index contributed by atoms with van der Waals surface area (Å²) < 4.78 is 28.4. The van der Waals surface area contributed by atoms with Crippen LogP contribution in [0.4, 0.5) is 5.69 Å². The van der Waals surface area contributed by atoms with Gasteiger partial charge in [-0.15, -0.1) is 0 Å². The third-order valence-corrected chi connectivity index (χ3v) is 7.51. The Morgan fingerprint density at radius 3 is 2.53 bits per heavy atom. The SMILES string of the molecule is Cc1cccc(NS(=O)(=O)c2ccc(C)c(C(=O)N3CCC(N4CCCC4)C3)c2)c1. The zero-order valence-corrected chi connectivity index (χ0v) is 18.4. The fraction of sp³-hybridized carbons (Fsp3) is 0.435. The van der Waals surface area contributed by atoms with E-state index in [0.717, 1.165) is 43.7 Å². The quantitative estimate of drug-likeness (QED) is 0.794. The van der Waals surface area contributed by atoms with Crippen LogP contribution < -0.4 is 4.72 Å². The molecular formula is C23H29N3O3S. The van der Waals surface area contributed by atoms with Crippen LogP contribution >= 0.6 is 0 Å². The molecule has 2 aliphatic rings. The second kappa shape index (κ2) is 8.40. The molecule has 0 saturated carbocycles. The van der Waals surface area contributed by atoms with Crippen molar-refractivity contribution in [2.45, 2.75) is 44.0 Å². The molecule has 2 aliphatic heterocycles. The number of hydrogen-bond donors (Lipinski definition) is 1. The summed E-state index contributed by atoms with van der Waals surface area (Å²) in [6.45, 7) is 7.43. The largest absolute Gasteiger partial charge is 0.337 e. The first-order chi connectivity index (χ1) is 14.3. The minimum atomic E-state index is -3.78. The third-order valence-electron chi connectivity index (χ3n) is 6.13. The molecule has 2 fully saturated rings. The van der Waals surface area contributed by atoms with Gasteiger partial charge >= 0.3 is 0 Å². The van der Waals surface area contributed by atoms with Gasteiger partial charge in [-0.25, -0.2) is 8.42 Å². The number of benzene rings is 2. The Hall–Kier alpha value is -2.38. The standard InChI is InChI=1S/C23H29N3O3S/c1-17-6-5-7-19(14-17)24-30(28,29)21-9-8-18(2)22(15-21)23(27)26-13-10-20(16-26)25-11-3-4-12-25/h5-9,14-15,20,24H,3-4,10-13,16H2,1-2H3. The van der Waals surface area contributed by atoms with Crippen molar-refractivity contribution in [1.29, 1.82) is 0 Å². The molecule has 2 saturated heterocycles. The van der Waals surface area contributed by atoms with Crippen LogP contribution in [0.3, 0.4) is 0 Å². The minimum absolute atomic E-state index is 0.0817. The summed E-state index contributed by atoms with van der Waals surface area (Å²) in [6, 6.07) is 12.4. The predicted octanol–water partition coefficient (Wildman–Crippen LogP) is 3.41. The maximum Gasteiger partial charge on any atom is 0.261 e. The van der Waals surface area contributed by atoms with Gasteiger partial charge in [0, 0.05) is 30.4 Å². The normalized spacial score (nSPS) is 19.9. The number of nitrogens with zero attached hydrogens (tertiary/aromatic N) is 2. The summed E-state index contributed by atoms with van der Waals surface area (Å²) >= 11 is 0. The molecule has 0 radical (unpaired) electrons. The van der Waals surface area contributed by atoms with Gasteiger partial charge in [-0.3, -0.25) is 14.4 Å². The lowest BCUT2D eigenvalue weighted by Crippen LogP contribution is -2.37. The summed E-state index contributed by atoms with van der Waals surface area (Å²) in [4.78, 5) is 17.7. The average molecular weight is 428 g/mol. The highest BCUT2D eigenvalue weighted by Gasteiger charge is 2.32. The minimum Gasteiger partial charge on any atom is -0.337 e. The van der Waals surface area contributed by atoms with Gasteiger partial charge in [0.1, 0.15) is 0 Å². The summed E-state index contributed by atoms with van der Waals surface area (Å²) in [5.41, 5.74) is 2.73. The number of nitrogens with one attached hydrogen (secondary N) is 1. The van der Waals surface area contributed by atoms with Crippen LogP contribution in [-0.2, 0) is 10.0 Å². The van der Waals surface area contributed by atoms with Crippen molar-refractivity contribution in [3.05, 3.63) is 59.2 Å².